The molecule has 0 aliphatic carbocycles. The molecule has 3 heterocycles. The predicted octanol–water partition coefficient (Wildman–Crippen LogP) is 2.14. The molecule has 1 aromatic heterocycles. The van der Waals surface area contributed by atoms with Crippen molar-refractivity contribution in [2.45, 2.75) is 44.4 Å². The third-order valence-electron chi connectivity index (χ3n) is 6.37. The maximum Gasteiger partial charge on any atom is 0.250 e. The largest absolute Gasteiger partial charge is 0.467 e. The van der Waals surface area contributed by atoms with Crippen molar-refractivity contribution in [1.29, 1.82) is 0 Å². The highest BCUT2D eigenvalue weighted by Gasteiger charge is 2.44. The Morgan fingerprint density at radius 2 is 1.94 bits per heavy atom. The lowest BCUT2D eigenvalue weighted by Crippen LogP contribution is -2.61. The van der Waals surface area contributed by atoms with Gasteiger partial charge >= 0.3 is 0 Å². The highest BCUT2D eigenvalue weighted by molar-refractivity contribution is 5.81. The molecular weight excluding hydrogens is 394 g/mol. The van der Waals surface area contributed by atoms with Crippen LogP contribution in [-0.2, 0) is 27.3 Å². The molecule has 2 aliphatic heterocycles. The van der Waals surface area contributed by atoms with Crippen LogP contribution in [0.3, 0.4) is 0 Å². The number of carbonyl (C=O) groups is 2. The summed E-state index contributed by atoms with van der Waals surface area (Å²) in [5.41, 5.74) is 1.83. The Kier molecular flexibility index (Phi) is 6.43. The number of hydrogen-bond donors (Lipinski definition) is 1. The van der Waals surface area contributed by atoms with E-state index >= 15 is 0 Å². The van der Waals surface area contributed by atoms with E-state index in [2.05, 4.69) is 10.2 Å². The van der Waals surface area contributed by atoms with Crippen molar-refractivity contribution in [2.75, 3.05) is 33.2 Å². The van der Waals surface area contributed by atoms with Gasteiger partial charge in [0.05, 0.1) is 24.8 Å². The number of aryl methyl sites for hydroxylation is 1. The maximum absolute atomic E-state index is 12.8. The van der Waals surface area contributed by atoms with Crippen LogP contribution in [0.4, 0.5) is 0 Å². The number of nitrogens with one attached hydrogen (secondary N) is 1. The van der Waals surface area contributed by atoms with Crippen LogP contribution < -0.4 is 5.32 Å². The van der Waals surface area contributed by atoms with Crippen LogP contribution in [0.1, 0.15) is 29.7 Å². The van der Waals surface area contributed by atoms with Gasteiger partial charge in [-0.05, 0) is 50.1 Å². The van der Waals surface area contributed by atoms with Crippen molar-refractivity contribution in [3.05, 3.63) is 59.5 Å². The minimum Gasteiger partial charge on any atom is -0.467 e. The fourth-order valence-electron chi connectivity index (χ4n) is 4.58. The van der Waals surface area contributed by atoms with E-state index in [1.807, 2.05) is 49.2 Å². The molecule has 166 valence electrons. The minimum atomic E-state index is -0.525. The molecule has 0 bridgehead atoms. The standard InChI is InChI=1S/C24H31N3O4/c1-18-6-3-4-7-19(18)14-22(28)27-11-9-24(10-12-27)17-26(2)16-21(31-24)23(29)25-15-20-8-5-13-30-20/h3-8,13,21H,9-12,14-17H2,1-2H3,(H,25,29)/t21-/m1/s1. The summed E-state index contributed by atoms with van der Waals surface area (Å²) >= 11 is 0. The van der Waals surface area contributed by atoms with E-state index in [1.54, 1.807) is 12.3 Å². The van der Waals surface area contributed by atoms with Gasteiger partial charge in [-0.15, -0.1) is 0 Å². The number of likely N-dealkylation sites (N-methyl/N-ethyl adjacent to an activating group) is 1. The molecule has 1 aromatic carbocycles. The third-order valence-corrected chi connectivity index (χ3v) is 6.37. The number of nitrogens with zero attached hydrogens (tertiary/aromatic N) is 2. The molecule has 7 heteroatoms. The number of benzene rings is 1. The average Bonchev–Trinajstić information content (AvgIpc) is 3.27. The fourth-order valence-corrected chi connectivity index (χ4v) is 4.58. The van der Waals surface area contributed by atoms with Crippen LogP contribution in [0.5, 0.6) is 0 Å². The Morgan fingerprint density at radius 1 is 1.16 bits per heavy atom. The number of furan rings is 1. The van der Waals surface area contributed by atoms with Gasteiger partial charge in [0.25, 0.3) is 5.91 Å². The summed E-state index contributed by atoms with van der Waals surface area (Å²) in [5.74, 6) is 0.745. The van der Waals surface area contributed by atoms with E-state index < -0.39 is 6.10 Å². The lowest BCUT2D eigenvalue weighted by Gasteiger charge is -2.48. The highest BCUT2D eigenvalue weighted by atomic mass is 16.5. The second kappa shape index (κ2) is 9.24. The molecule has 0 radical (unpaired) electrons. The molecule has 31 heavy (non-hydrogen) atoms. The zero-order chi connectivity index (χ0) is 21.8. The SMILES string of the molecule is Cc1ccccc1CC(=O)N1CCC2(CC1)CN(C)C[C@H](C(=O)NCc1ccco1)O2. The highest BCUT2D eigenvalue weighted by Crippen LogP contribution is 2.32. The second-order valence-corrected chi connectivity index (χ2v) is 8.77. The Labute approximate surface area is 183 Å². The van der Waals surface area contributed by atoms with Crippen LogP contribution in [0.15, 0.2) is 47.1 Å². The molecule has 1 spiro atoms. The van der Waals surface area contributed by atoms with Gasteiger partial charge in [-0.25, -0.2) is 0 Å². The summed E-state index contributed by atoms with van der Waals surface area (Å²) in [7, 11) is 2.02. The number of ether oxygens (including phenoxy) is 1. The first kappa shape index (κ1) is 21.6. The molecule has 2 saturated heterocycles. The summed E-state index contributed by atoms with van der Waals surface area (Å²) in [5, 5.41) is 2.91. The molecule has 4 rings (SSSR count). The fraction of sp³-hybridized carbons (Fsp3) is 0.500. The van der Waals surface area contributed by atoms with Crippen LogP contribution in [0.2, 0.25) is 0 Å². The molecule has 0 unspecified atom stereocenters. The quantitative estimate of drug-likeness (QED) is 0.795. The Balaban J connectivity index is 1.32. The minimum absolute atomic E-state index is 0.125. The number of morpholine rings is 1. The molecule has 0 saturated carbocycles. The van der Waals surface area contributed by atoms with Gasteiger partial charge in [-0.3, -0.25) is 9.59 Å². The summed E-state index contributed by atoms with van der Waals surface area (Å²) < 4.78 is 11.6. The molecule has 2 aromatic rings. The number of carbonyl (C=O) groups excluding carboxylic acids is 2. The summed E-state index contributed by atoms with van der Waals surface area (Å²) in [4.78, 5) is 29.6. The van der Waals surface area contributed by atoms with E-state index in [0.29, 0.717) is 38.4 Å². The van der Waals surface area contributed by atoms with Crippen molar-refractivity contribution in [3.8, 4) is 0 Å². The molecular formula is C24H31N3O4. The van der Waals surface area contributed by atoms with Crippen molar-refractivity contribution < 1.29 is 18.7 Å². The monoisotopic (exact) mass is 425 g/mol. The van der Waals surface area contributed by atoms with Crippen molar-refractivity contribution in [2.24, 2.45) is 0 Å². The predicted molar refractivity (Wildman–Crippen MR) is 116 cm³/mol. The lowest BCUT2D eigenvalue weighted by molar-refractivity contribution is -0.183. The van der Waals surface area contributed by atoms with Crippen LogP contribution >= 0.6 is 0 Å². The van der Waals surface area contributed by atoms with Crippen LogP contribution in [0.25, 0.3) is 0 Å². The molecule has 2 amide bonds. The third kappa shape index (κ3) is 5.17. The van der Waals surface area contributed by atoms with E-state index in [0.717, 1.165) is 30.5 Å². The molecule has 1 N–H and O–H groups in total. The number of piperidine rings is 1. The average molecular weight is 426 g/mol. The van der Waals surface area contributed by atoms with E-state index in [4.69, 9.17) is 9.15 Å². The molecule has 2 aliphatic rings. The van der Waals surface area contributed by atoms with E-state index in [-0.39, 0.29) is 17.4 Å². The lowest BCUT2D eigenvalue weighted by atomic mass is 9.88. The Hall–Kier alpha value is -2.64. The van der Waals surface area contributed by atoms with Crippen LogP contribution in [-0.4, -0.2) is 66.5 Å². The summed E-state index contributed by atoms with van der Waals surface area (Å²) in [6.07, 6.45) is 2.97. The van der Waals surface area contributed by atoms with Crippen LogP contribution in [0, 0.1) is 6.92 Å². The van der Waals surface area contributed by atoms with Crippen molar-refractivity contribution >= 4 is 11.8 Å². The van der Waals surface area contributed by atoms with Crippen molar-refractivity contribution in [1.82, 2.24) is 15.1 Å². The first-order valence-corrected chi connectivity index (χ1v) is 10.9. The topological polar surface area (TPSA) is 75.0 Å². The first-order chi connectivity index (χ1) is 14.9. The summed E-state index contributed by atoms with van der Waals surface area (Å²) in [6, 6.07) is 11.7. The van der Waals surface area contributed by atoms with Gasteiger partial charge < -0.3 is 24.3 Å². The first-order valence-electron chi connectivity index (χ1n) is 10.9. The molecule has 7 nitrogen and oxygen atoms in total. The van der Waals surface area contributed by atoms with Gasteiger partial charge in [-0.1, -0.05) is 24.3 Å². The zero-order valence-corrected chi connectivity index (χ0v) is 18.3. The van der Waals surface area contributed by atoms with Gasteiger partial charge in [0.2, 0.25) is 5.91 Å². The Morgan fingerprint density at radius 3 is 2.65 bits per heavy atom. The van der Waals surface area contributed by atoms with Gasteiger partial charge in [0.1, 0.15) is 11.9 Å². The summed E-state index contributed by atoms with van der Waals surface area (Å²) in [6.45, 7) is 5.02. The van der Waals surface area contributed by atoms with Crippen molar-refractivity contribution in [3.63, 3.8) is 0 Å². The maximum atomic E-state index is 12.8. The van der Waals surface area contributed by atoms with E-state index in [9.17, 15) is 9.59 Å². The van der Waals surface area contributed by atoms with Gasteiger partial charge in [0.15, 0.2) is 0 Å². The number of hydrogen-bond acceptors (Lipinski definition) is 5. The normalized spacial score (nSPS) is 21.2. The van der Waals surface area contributed by atoms with Gasteiger partial charge in [0, 0.05) is 26.2 Å². The Bertz CT molecular complexity index is 903. The number of rotatable bonds is 5. The number of amides is 2. The van der Waals surface area contributed by atoms with E-state index in [1.165, 1.54) is 0 Å². The molecule has 2 fully saturated rings. The zero-order valence-electron chi connectivity index (χ0n) is 18.3. The second-order valence-electron chi connectivity index (χ2n) is 8.77. The number of likely N-dealkylation sites (tertiary alicyclic amines) is 1. The smallest absolute Gasteiger partial charge is 0.250 e. The van der Waals surface area contributed by atoms with Gasteiger partial charge in [-0.2, -0.15) is 0 Å². The molecule has 1 atom stereocenters.